The van der Waals surface area contributed by atoms with Gasteiger partial charge in [-0.15, -0.1) is 0 Å². The molecule has 0 saturated heterocycles. The lowest BCUT2D eigenvalue weighted by atomic mass is 9.91. The molecule has 0 aliphatic heterocycles. The van der Waals surface area contributed by atoms with Crippen LogP contribution in [0.4, 0.5) is 4.79 Å². The van der Waals surface area contributed by atoms with Crippen LogP contribution in [0.15, 0.2) is 0 Å². The molecule has 0 saturated carbocycles. The van der Waals surface area contributed by atoms with E-state index < -0.39 is 6.09 Å². The maximum Gasteiger partial charge on any atom is 0.405 e. The van der Waals surface area contributed by atoms with E-state index in [1.807, 2.05) is 27.7 Å². The summed E-state index contributed by atoms with van der Waals surface area (Å²) in [6, 6.07) is 0. The van der Waals surface area contributed by atoms with Gasteiger partial charge >= 0.3 is 6.09 Å². The van der Waals surface area contributed by atoms with Gasteiger partial charge in [0.1, 0.15) is 0 Å². The van der Waals surface area contributed by atoms with Gasteiger partial charge in [0.2, 0.25) is 0 Å². The molecule has 3 heteroatoms. The van der Waals surface area contributed by atoms with Crippen LogP contribution in [0, 0.1) is 5.92 Å². The third-order valence-electron chi connectivity index (χ3n) is 1.87. The average Bonchev–Trinajstić information content (AvgIpc) is 1.60. The van der Waals surface area contributed by atoms with Crippen molar-refractivity contribution in [1.82, 2.24) is 5.32 Å². The van der Waals surface area contributed by atoms with Crippen LogP contribution in [-0.2, 0) is 0 Å². The Balaban J connectivity index is 3.99. The number of hydrogen-bond donors (Lipinski definition) is 2. The van der Waals surface area contributed by atoms with Crippen LogP contribution in [-0.4, -0.2) is 16.7 Å². The fourth-order valence-electron chi connectivity index (χ4n) is 0.420. The highest BCUT2D eigenvalue weighted by Crippen LogP contribution is 2.14. The Bertz CT molecular complexity index is 130. The van der Waals surface area contributed by atoms with E-state index in [-0.39, 0.29) is 5.54 Å². The van der Waals surface area contributed by atoms with Gasteiger partial charge in [-0.25, -0.2) is 4.79 Å². The van der Waals surface area contributed by atoms with E-state index in [9.17, 15) is 4.79 Å². The van der Waals surface area contributed by atoms with Gasteiger partial charge in [0.05, 0.1) is 0 Å². The lowest BCUT2D eigenvalue weighted by Gasteiger charge is -2.28. The van der Waals surface area contributed by atoms with Crippen LogP contribution in [0.3, 0.4) is 0 Å². The summed E-state index contributed by atoms with van der Waals surface area (Å²) >= 11 is 0. The van der Waals surface area contributed by atoms with Crippen molar-refractivity contribution in [1.29, 1.82) is 0 Å². The first-order valence-corrected chi connectivity index (χ1v) is 3.37. The minimum Gasteiger partial charge on any atom is -0.465 e. The van der Waals surface area contributed by atoms with Gasteiger partial charge in [0, 0.05) is 5.54 Å². The van der Waals surface area contributed by atoms with Crippen molar-refractivity contribution < 1.29 is 9.90 Å². The second kappa shape index (κ2) is 2.90. The predicted molar refractivity (Wildman–Crippen MR) is 40.1 cm³/mol. The van der Waals surface area contributed by atoms with Crippen LogP contribution < -0.4 is 5.32 Å². The second-order valence-electron chi connectivity index (χ2n) is 3.31. The standard InChI is InChI=1S/C7H15NO2/c1-5(2)7(3,4)8-6(9)10/h5,8H,1-4H3,(H,9,10). The summed E-state index contributed by atoms with van der Waals surface area (Å²) in [5.74, 6) is 0.309. The lowest BCUT2D eigenvalue weighted by molar-refractivity contribution is 0.173. The largest absolute Gasteiger partial charge is 0.465 e. The zero-order valence-electron chi connectivity index (χ0n) is 6.93. The molecule has 0 aromatic rings. The first-order valence-electron chi connectivity index (χ1n) is 3.37. The number of carboxylic acid groups (broad SMARTS) is 1. The van der Waals surface area contributed by atoms with Crippen molar-refractivity contribution in [3.8, 4) is 0 Å². The van der Waals surface area contributed by atoms with Crippen LogP contribution in [0.2, 0.25) is 0 Å². The summed E-state index contributed by atoms with van der Waals surface area (Å²) in [6.07, 6.45) is -0.960. The van der Waals surface area contributed by atoms with E-state index in [0.717, 1.165) is 0 Å². The molecule has 0 radical (unpaired) electrons. The average molecular weight is 145 g/mol. The number of carbonyl (C=O) groups is 1. The predicted octanol–water partition coefficient (Wildman–Crippen LogP) is 1.69. The molecule has 0 bridgehead atoms. The van der Waals surface area contributed by atoms with E-state index in [1.54, 1.807) is 0 Å². The molecule has 0 rings (SSSR count). The third kappa shape index (κ3) is 2.71. The summed E-state index contributed by atoms with van der Waals surface area (Å²) < 4.78 is 0. The molecule has 60 valence electrons. The second-order valence-corrected chi connectivity index (χ2v) is 3.31. The highest BCUT2D eigenvalue weighted by atomic mass is 16.4. The van der Waals surface area contributed by atoms with Crippen molar-refractivity contribution in [3.63, 3.8) is 0 Å². The zero-order valence-corrected chi connectivity index (χ0v) is 6.93. The van der Waals surface area contributed by atoms with Gasteiger partial charge in [-0.2, -0.15) is 0 Å². The molecule has 0 atom stereocenters. The SMILES string of the molecule is CC(C)C(C)(C)NC(=O)O. The monoisotopic (exact) mass is 145 g/mol. The molecule has 0 aromatic carbocycles. The number of hydrogen-bond acceptors (Lipinski definition) is 1. The summed E-state index contributed by atoms with van der Waals surface area (Å²) in [5, 5.41) is 10.8. The molecule has 2 N–H and O–H groups in total. The number of amides is 1. The van der Waals surface area contributed by atoms with E-state index in [1.165, 1.54) is 0 Å². The first-order chi connectivity index (χ1) is 4.36. The molecular formula is C7H15NO2. The quantitative estimate of drug-likeness (QED) is 0.621. The molecule has 1 amide bonds. The molecule has 0 aromatic heterocycles. The third-order valence-corrected chi connectivity index (χ3v) is 1.87. The van der Waals surface area contributed by atoms with Crippen molar-refractivity contribution in [2.24, 2.45) is 5.92 Å². The lowest BCUT2D eigenvalue weighted by Crippen LogP contribution is -2.46. The Morgan fingerprint density at radius 3 is 2.00 bits per heavy atom. The summed E-state index contributed by atoms with van der Waals surface area (Å²) in [6.45, 7) is 7.70. The Kier molecular flexibility index (Phi) is 2.69. The minimum absolute atomic E-state index is 0.309. The Morgan fingerprint density at radius 1 is 1.50 bits per heavy atom. The van der Waals surface area contributed by atoms with Crippen LogP contribution in [0.25, 0.3) is 0 Å². The van der Waals surface area contributed by atoms with Crippen molar-refractivity contribution in [2.45, 2.75) is 33.2 Å². The fourth-order valence-corrected chi connectivity index (χ4v) is 0.420. The van der Waals surface area contributed by atoms with E-state index in [0.29, 0.717) is 5.92 Å². The van der Waals surface area contributed by atoms with Gasteiger partial charge < -0.3 is 10.4 Å². The van der Waals surface area contributed by atoms with Gasteiger partial charge in [0.15, 0.2) is 0 Å². The van der Waals surface area contributed by atoms with Crippen molar-refractivity contribution >= 4 is 6.09 Å². The highest BCUT2D eigenvalue weighted by molar-refractivity contribution is 5.65. The summed E-state index contributed by atoms with van der Waals surface area (Å²) in [5.41, 5.74) is -0.328. The van der Waals surface area contributed by atoms with Gasteiger partial charge in [0.25, 0.3) is 0 Å². The fraction of sp³-hybridized carbons (Fsp3) is 0.857. The zero-order chi connectivity index (χ0) is 8.36. The normalized spacial score (nSPS) is 11.7. The molecule has 0 heterocycles. The van der Waals surface area contributed by atoms with E-state index >= 15 is 0 Å². The minimum atomic E-state index is -0.960. The van der Waals surface area contributed by atoms with E-state index in [4.69, 9.17) is 5.11 Å². The van der Waals surface area contributed by atoms with Gasteiger partial charge in [-0.1, -0.05) is 13.8 Å². The summed E-state index contributed by atoms with van der Waals surface area (Å²) in [7, 11) is 0. The molecule has 0 unspecified atom stereocenters. The Hall–Kier alpha value is -0.730. The molecular weight excluding hydrogens is 130 g/mol. The smallest absolute Gasteiger partial charge is 0.405 e. The van der Waals surface area contributed by atoms with E-state index in [2.05, 4.69) is 5.32 Å². The van der Waals surface area contributed by atoms with Crippen molar-refractivity contribution in [3.05, 3.63) is 0 Å². The van der Waals surface area contributed by atoms with Gasteiger partial charge in [-0.05, 0) is 19.8 Å². The van der Waals surface area contributed by atoms with Gasteiger partial charge in [-0.3, -0.25) is 0 Å². The number of nitrogens with one attached hydrogen (secondary N) is 1. The molecule has 3 nitrogen and oxygen atoms in total. The maximum absolute atomic E-state index is 10.2. The van der Waals surface area contributed by atoms with Crippen LogP contribution in [0.5, 0.6) is 0 Å². The Labute approximate surface area is 61.4 Å². The number of rotatable bonds is 2. The first kappa shape index (κ1) is 9.27. The van der Waals surface area contributed by atoms with Crippen LogP contribution >= 0.6 is 0 Å². The highest BCUT2D eigenvalue weighted by Gasteiger charge is 2.23. The van der Waals surface area contributed by atoms with Crippen LogP contribution in [0.1, 0.15) is 27.7 Å². The molecule has 0 fully saturated rings. The molecule has 0 aliphatic rings. The molecule has 10 heavy (non-hydrogen) atoms. The Morgan fingerprint density at radius 2 is 1.90 bits per heavy atom. The topological polar surface area (TPSA) is 49.3 Å². The van der Waals surface area contributed by atoms with Crippen molar-refractivity contribution in [2.75, 3.05) is 0 Å². The molecule has 0 aliphatic carbocycles. The maximum atomic E-state index is 10.2. The summed E-state index contributed by atoms with van der Waals surface area (Å²) in [4.78, 5) is 10.2. The molecule has 0 spiro atoms.